The molecule has 1 aliphatic heterocycles. The van der Waals surface area contributed by atoms with Gasteiger partial charge in [0.15, 0.2) is 0 Å². The van der Waals surface area contributed by atoms with Crippen LogP contribution in [-0.2, 0) is 26.5 Å². The number of benzene rings is 12. The number of nitrogens with zero attached hydrogens (tertiary/aromatic N) is 4. The van der Waals surface area contributed by atoms with E-state index in [0.717, 1.165) is 33.0 Å². The number of hydrogen-bond acceptors (Lipinski definition) is 2. The van der Waals surface area contributed by atoms with Gasteiger partial charge in [-0.3, -0.25) is 4.57 Å². The maximum Gasteiger partial charge on any atom is 0.268 e. The first kappa shape index (κ1) is 36.6. The minimum atomic E-state index is -0.926. The van der Waals surface area contributed by atoms with Crippen LogP contribution in [0.25, 0.3) is 139 Å². The van der Waals surface area contributed by atoms with Crippen LogP contribution in [0.5, 0.6) is 11.5 Å². The number of pyridine rings is 1. The molecule has 0 saturated carbocycles. The molecular weight excluding hydrogens is 1260 g/mol. The monoisotopic (exact) mass is 1340 g/mol. The Morgan fingerprint density at radius 3 is 1.78 bits per heavy atom. The van der Waals surface area contributed by atoms with Crippen molar-refractivity contribution in [2.24, 2.45) is 0 Å². The fraction of sp³-hybridized carbons (Fsp3) is 0.0602. The minimum Gasteiger partial charge on any atom is -0.510 e. The molecule has 0 N–H and O–H groups in total. The van der Waals surface area contributed by atoms with Gasteiger partial charge in [-0.05, 0) is 166 Å². The van der Waals surface area contributed by atoms with Crippen LogP contribution < -0.4 is 9.30 Å². The van der Waals surface area contributed by atoms with E-state index in [2.05, 4.69) is 80.2 Å². The number of hydrogen-bond donors (Lipinski definition) is 0. The molecule has 0 bridgehead atoms. The summed E-state index contributed by atoms with van der Waals surface area (Å²) in [5.74, 6) is 1.08. The van der Waals surface area contributed by atoms with Gasteiger partial charge in [-0.2, -0.15) is 18.2 Å². The van der Waals surface area contributed by atoms with Crippen LogP contribution in [0.4, 0.5) is 0 Å². The third-order valence-corrected chi connectivity index (χ3v) is 16.0. The Morgan fingerprint density at radius 1 is 0.472 bits per heavy atom. The third-order valence-electron chi connectivity index (χ3n) is 16.0. The fourth-order valence-corrected chi connectivity index (χ4v) is 11.9. The zero-order valence-corrected chi connectivity index (χ0v) is 50.2. The molecule has 12 aromatic carbocycles. The number of fused-ring (bicyclic) bond motifs is 10. The predicted molar refractivity (Wildman–Crippen MR) is 360 cm³/mol. The van der Waals surface area contributed by atoms with Crippen LogP contribution in [0, 0.1) is 25.4 Å². The van der Waals surface area contributed by atoms with Crippen LogP contribution >= 0.6 is 0 Å². The molecule has 0 radical (unpaired) electrons. The normalized spacial score (nSPS) is 15.0. The van der Waals surface area contributed by atoms with Crippen molar-refractivity contribution >= 4 is 32.8 Å². The maximum absolute atomic E-state index is 10.5. The zero-order valence-electron chi connectivity index (χ0n) is 68.9. The molecule has 0 atom stereocenters. The van der Waals surface area contributed by atoms with E-state index < -0.39 is 155 Å². The van der Waals surface area contributed by atoms with E-state index in [1.165, 1.54) is 22.8 Å². The Balaban J connectivity index is 0.00000961. The van der Waals surface area contributed by atoms with E-state index >= 15 is 0 Å². The van der Waals surface area contributed by atoms with Crippen molar-refractivity contribution in [3.05, 3.63) is 308 Å². The zero-order chi connectivity index (χ0) is 77.3. The fourth-order valence-electron chi connectivity index (χ4n) is 11.9. The molecule has 0 spiro atoms. The Morgan fingerprint density at radius 2 is 1.08 bits per heavy atom. The topological polar surface area (TPSA) is 35.9 Å². The van der Waals surface area contributed by atoms with Gasteiger partial charge in [0.2, 0.25) is 0 Å². The van der Waals surface area contributed by atoms with Crippen molar-refractivity contribution in [1.29, 1.82) is 0 Å². The Kier molecular flexibility index (Phi) is 9.21. The summed E-state index contributed by atoms with van der Waals surface area (Å²) in [7, 11) is 0. The maximum atomic E-state index is 10.5. The van der Waals surface area contributed by atoms with E-state index in [-0.39, 0.29) is 99.3 Å². The molecule has 0 unspecified atom stereocenters. The molecule has 4 heterocycles. The standard InChI is InChI=1S/C83H58N4O.Pt/c1-54-74(58-29-15-8-16-30-58)52-78-82-80(54)72-36-20-19-34-69(72)68-33-17-18-35-70(68)73-38-22-37-67(62-46-60(56-25-11-6-12-26-56)45-61(47-62)57-27-13-7-14-28-57)81(73)86(82)53-85(78)64-31-21-32-65(50-64)88-66-40-41-71-75-48-59(55-23-9-5-10-24-55)39-42-76(75)87(77(71)51-66)79-49-63(43-44-84-79)83(2,3)4;/h5-49,52H,1-4H3;/q-2;/i6D,7D,11D,12D,13D,14D,17D,18D,19D,20D,25D,26D,27D,28D,33D,34D,35D,36D,45D,46D,47D;. The second kappa shape index (κ2) is 22.4. The van der Waals surface area contributed by atoms with Crippen molar-refractivity contribution < 1.29 is 59.2 Å². The summed E-state index contributed by atoms with van der Waals surface area (Å²) in [4.78, 5) is 4.92. The van der Waals surface area contributed by atoms with Crippen LogP contribution in [0.15, 0.2) is 279 Å². The van der Waals surface area contributed by atoms with E-state index in [0.29, 0.717) is 28.0 Å². The van der Waals surface area contributed by atoms with E-state index in [9.17, 15) is 20.6 Å². The average Bonchev–Trinajstić information content (AvgIpc) is 1.51. The summed E-state index contributed by atoms with van der Waals surface area (Å²) >= 11 is 0. The Hall–Kier alpha value is -10.5. The predicted octanol–water partition coefficient (Wildman–Crippen LogP) is 20.8. The van der Waals surface area contributed by atoms with Gasteiger partial charge in [-0.1, -0.05) is 226 Å². The molecule has 15 aromatic rings. The molecule has 89 heavy (non-hydrogen) atoms. The second-order valence-electron chi connectivity index (χ2n) is 22.3. The molecule has 1 aliphatic rings. The van der Waals surface area contributed by atoms with E-state index in [4.69, 9.17) is 17.9 Å². The SMILES string of the molecule is [2H]c1c([2H])c([2H])c(-c2c([2H])c(-c3cccc4c3-[n+]3[c-]n(-c5[c-]c(Oc6[c-]c7c(cc6)c6cc(-c8ccccc8)ccc6n7-c6cc(C(C)(C)C)ccn6)ccc5)c5cc(-c6ccccc6)c(C)c(c53)-c3c([2H])c([2H])c([2H])c([2H])c3-c3c([2H])c([2H])c([2H])c([2H])c3-4)c([2H])c(-c3c([2H])c([2H])c([2H])c([2H])c3[2H])c2[2H])c([2H])c1[2H].[Pt]. The average molecular weight is 1340 g/mol. The van der Waals surface area contributed by atoms with Crippen molar-refractivity contribution in [2.75, 3.05) is 0 Å². The summed E-state index contributed by atoms with van der Waals surface area (Å²) in [5, 5.41) is 1.79. The summed E-state index contributed by atoms with van der Waals surface area (Å²) in [6, 6.07) is 34.4. The van der Waals surface area contributed by atoms with Gasteiger partial charge in [0.1, 0.15) is 5.82 Å². The molecule has 428 valence electrons. The third kappa shape index (κ3) is 9.71. The number of ether oxygens (including phenoxy) is 1. The summed E-state index contributed by atoms with van der Waals surface area (Å²) in [6.45, 7) is 8.13. The molecule has 5 nitrogen and oxygen atoms in total. The first-order valence-electron chi connectivity index (χ1n) is 38.9. The summed E-state index contributed by atoms with van der Waals surface area (Å²) in [6.07, 6.45) is 5.32. The Bertz CT molecular complexity index is 6380. The summed E-state index contributed by atoms with van der Waals surface area (Å²) < 4.78 is 211. The van der Waals surface area contributed by atoms with Crippen molar-refractivity contribution in [3.63, 3.8) is 0 Å². The largest absolute Gasteiger partial charge is 0.510 e. The van der Waals surface area contributed by atoms with Gasteiger partial charge in [0.05, 0.1) is 45.5 Å². The molecular formula is C83H58N4OPt-2. The Labute approximate surface area is 562 Å². The van der Waals surface area contributed by atoms with E-state index in [1.807, 2.05) is 66.7 Å². The summed E-state index contributed by atoms with van der Waals surface area (Å²) in [5.41, 5.74) is 1.21. The van der Waals surface area contributed by atoms with Gasteiger partial charge in [-0.15, -0.1) is 29.7 Å². The smallest absolute Gasteiger partial charge is 0.268 e. The number of para-hydroxylation sites is 1. The number of rotatable bonds is 9. The molecule has 0 saturated heterocycles. The van der Waals surface area contributed by atoms with Gasteiger partial charge >= 0.3 is 0 Å². The molecule has 0 amide bonds. The van der Waals surface area contributed by atoms with Crippen molar-refractivity contribution in [3.8, 4) is 118 Å². The molecule has 0 fully saturated rings. The van der Waals surface area contributed by atoms with Crippen LogP contribution in [0.2, 0.25) is 0 Å². The first-order chi connectivity index (χ1) is 51.9. The number of aromatic nitrogens is 4. The second-order valence-corrected chi connectivity index (χ2v) is 22.3. The van der Waals surface area contributed by atoms with Gasteiger partial charge in [0, 0.05) is 44.3 Å². The van der Waals surface area contributed by atoms with Gasteiger partial charge < -0.3 is 13.9 Å². The van der Waals surface area contributed by atoms with Crippen LogP contribution in [0.3, 0.4) is 0 Å². The van der Waals surface area contributed by atoms with Gasteiger partial charge in [-0.25, -0.2) is 4.98 Å². The molecule has 16 rings (SSSR count). The molecule has 0 aliphatic carbocycles. The van der Waals surface area contributed by atoms with Crippen LogP contribution in [0.1, 0.15) is 60.7 Å². The van der Waals surface area contributed by atoms with Gasteiger partial charge in [0.25, 0.3) is 6.33 Å². The minimum absolute atomic E-state index is 0. The van der Waals surface area contributed by atoms with Crippen molar-refractivity contribution in [2.45, 2.75) is 33.1 Å². The van der Waals surface area contributed by atoms with Crippen LogP contribution in [-0.4, -0.2) is 14.1 Å². The van der Waals surface area contributed by atoms with E-state index in [1.54, 1.807) is 42.0 Å². The van der Waals surface area contributed by atoms with Crippen molar-refractivity contribution in [1.82, 2.24) is 14.1 Å². The molecule has 6 heteroatoms. The first-order valence-corrected chi connectivity index (χ1v) is 28.4. The quantitative estimate of drug-likeness (QED) is 0.107. The number of imidazole rings is 1. The molecule has 3 aromatic heterocycles.